The minimum atomic E-state index is -0.272. The Bertz CT molecular complexity index is 911. The molecule has 1 saturated heterocycles. The lowest BCUT2D eigenvalue weighted by atomic mass is 10.0. The molecule has 1 aromatic heterocycles. The lowest BCUT2D eigenvalue weighted by molar-refractivity contribution is -0.940. The number of nitrogens with one attached hydrogen (secondary N) is 1. The largest absolute Gasteiger partial charge is 0.494 e. The molecule has 0 aliphatic carbocycles. The van der Waals surface area contributed by atoms with Gasteiger partial charge in [-0.3, -0.25) is 0 Å². The molecule has 25 heavy (non-hydrogen) atoms. The fourth-order valence-electron chi connectivity index (χ4n) is 3.83. The Morgan fingerprint density at radius 1 is 1.20 bits per heavy atom. The number of likely N-dealkylation sites (tertiary alicyclic amines) is 1. The topological polar surface area (TPSA) is 48.8 Å². The number of hydrogen-bond donors (Lipinski definition) is 1. The van der Waals surface area contributed by atoms with E-state index in [-0.39, 0.29) is 5.76 Å². The highest BCUT2D eigenvalue weighted by Gasteiger charge is 2.31. The van der Waals surface area contributed by atoms with Gasteiger partial charge in [0, 0.05) is 18.4 Å². The fraction of sp³-hybridized carbons (Fsp3) is 0.350. The Hall–Kier alpha value is -2.53. The lowest BCUT2D eigenvalue weighted by Crippen LogP contribution is -3.09. The number of aromatic nitrogens is 1. The summed E-state index contributed by atoms with van der Waals surface area (Å²) in [4.78, 5) is 13.7. The van der Waals surface area contributed by atoms with E-state index >= 15 is 0 Å². The van der Waals surface area contributed by atoms with Crippen LogP contribution >= 0.6 is 0 Å². The van der Waals surface area contributed by atoms with Crippen LogP contribution in [0.2, 0.25) is 0 Å². The average molecular weight is 339 g/mol. The summed E-state index contributed by atoms with van der Waals surface area (Å²) < 4.78 is 12.7. The van der Waals surface area contributed by atoms with Crippen LogP contribution in [0.4, 0.5) is 0 Å². The van der Waals surface area contributed by atoms with Gasteiger partial charge in [-0.2, -0.15) is 0 Å². The molecule has 4 rings (SSSR count). The first kappa shape index (κ1) is 16.0. The summed E-state index contributed by atoms with van der Waals surface area (Å²) in [6, 6.07) is 16.4. The van der Waals surface area contributed by atoms with E-state index in [4.69, 9.17) is 9.15 Å². The highest BCUT2D eigenvalue weighted by Crippen LogP contribution is 2.22. The number of quaternary nitrogens is 1. The van der Waals surface area contributed by atoms with Crippen LogP contribution in [0.15, 0.2) is 57.7 Å². The molecule has 0 amide bonds. The number of ether oxygens (including phenoxy) is 1. The Morgan fingerprint density at radius 2 is 2.00 bits per heavy atom. The van der Waals surface area contributed by atoms with Crippen LogP contribution in [-0.2, 0) is 6.67 Å². The van der Waals surface area contributed by atoms with Gasteiger partial charge in [-0.05, 0) is 43.3 Å². The van der Waals surface area contributed by atoms with E-state index in [0.717, 1.165) is 30.7 Å². The molecule has 5 nitrogen and oxygen atoms in total. The molecule has 1 unspecified atom stereocenters. The summed E-state index contributed by atoms with van der Waals surface area (Å²) in [5, 5.41) is 0. The van der Waals surface area contributed by atoms with Crippen LogP contribution in [0, 0.1) is 0 Å². The molecule has 1 aliphatic rings. The van der Waals surface area contributed by atoms with Crippen LogP contribution in [0.5, 0.6) is 5.75 Å². The smallest absolute Gasteiger partial charge is 0.424 e. The normalized spacial score (nSPS) is 20.2. The van der Waals surface area contributed by atoms with Crippen molar-refractivity contribution < 1.29 is 14.1 Å². The zero-order chi connectivity index (χ0) is 17.2. The predicted octanol–water partition coefficient (Wildman–Crippen LogP) is 2.37. The fourth-order valence-corrected chi connectivity index (χ4v) is 3.83. The monoisotopic (exact) mass is 339 g/mol. The molecule has 5 heteroatoms. The van der Waals surface area contributed by atoms with Crippen molar-refractivity contribution in [2.45, 2.75) is 32.5 Å². The van der Waals surface area contributed by atoms with Crippen molar-refractivity contribution in [1.29, 1.82) is 0 Å². The van der Waals surface area contributed by atoms with E-state index in [1.807, 2.05) is 43.3 Å². The van der Waals surface area contributed by atoms with Crippen LogP contribution in [0.25, 0.3) is 11.1 Å². The predicted molar refractivity (Wildman–Crippen MR) is 95.9 cm³/mol. The first-order chi connectivity index (χ1) is 12.3. The molecule has 2 heterocycles. The SMILES string of the molecule is CCOc1ccc([C@@H]2CCC[NH+]2Cn2c(=O)oc3ccccc32)cc1. The number of rotatable bonds is 5. The molecule has 1 fully saturated rings. The van der Waals surface area contributed by atoms with Gasteiger partial charge in [0.1, 0.15) is 11.8 Å². The number of benzene rings is 2. The quantitative estimate of drug-likeness (QED) is 0.776. The Labute approximate surface area is 146 Å². The van der Waals surface area contributed by atoms with Crippen molar-refractivity contribution in [3.63, 3.8) is 0 Å². The molecule has 0 bridgehead atoms. The number of para-hydroxylation sites is 2. The van der Waals surface area contributed by atoms with Crippen molar-refractivity contribution >= 4 is 11.1 Å². The third-order valence-corrected chi connectivity index (χ3v) is 5.01. The standard InChI is InChI=1S/C20H22N2O3/c1-2-24-16-11-9-15(10-12-16)17-7-5-13-21(17)14-22-18-6-3-4-8-19(18)25-20(22)23/h3-4,6,8-12,17H,2,5,7,13-14H2,1H3/p+1/t17-/m0/s1. The second-order valence-corrected chi connectivity index (χ2v) is 6.53. The first-order valence-electron chi connectivity index (χ1n) is 8.92. The van der Waals surface area contributed by atoms with Crippen LogP contribution < -0.4 is 15.4 Å². The summed E-state index contributed by atoms with van der Waals surface area (Å²) in [7, 11) is 0. The van der Waals surface area contributed by atoms with Gasteiger partial charge in [-0.1, -0.05) is 12.1 Å². The van der Waals surface area contributed by atoms with Gasteiger partial charge in [0.25, 0.3) is 0 Å². The maximum Gasteiger partial charge on any atom is 0.424 e. The first-order valence-corrected chi connectivity index (χ1v) is 8.92. The van der Waals surface area contributed by atoms with E-state index in [1.54, 1.807) is 4.57 Å². The maximum absolute atomic E-state index is 12.3. The van der Waals surface area contributed by atoms with Gasteiger partial charge >= 0.3 is 5.76 Å². The minimum absolute atomic E-state index is 0.272. The zero-order valence-corrected chi connectivity index (χ0v) is 14.4. The van der Waals surface area contributed by atoms with E-state index in [2.05, 4.69) is 12.1 Å². The van der Waals surface area contributed by atoms with Crippen molar-refractivity contribution in [2.75, 3.05) is 13.2 Å². The summed E-state index contributed by atoms with van der Waals surface area (Å²) in [5.74, 6) is 0.633. The van der Waals surface area contributed by atoms with E-state index in [9.17, 15) is 4.79 Å². The third kappa shape index (κ3) is 3.07. The molecule has 0 spiro atoms. The molecule has 1 N–H and O–H groups in total. The Kier molecular flexibility index (Phi) is 4.32. The highest BCUT2D eigenvalue weighted by atomic mass is 16.5. The third-order valence-electron chi connectivity index (χ3n) is 5.01. The maximum atomic E-state index is 12.3. The molecule has 2 aromatic carbocycles. The van der Waals surface area contributed by atoms with Gasteiger partial charge in [-0.25, -0.2) is 9.36 Å². The number of fused-ring (bicyclic) bond motifs is 1. The molecule has 1 aliphatic heterocycles. The lowest BCUT2D eigenvalue weighted by Gasteiger charge is -2.22. The van der Waals surface area contributed by atoms with Crippen molar-refractivity contribution in [3.05, 3.63) is 64.6 Å². The second-order valence-electron chi connectivity index (χ2n) is 6.53. The Morgan fingerprint density at radius 3 is 2.80 bits per heavy atom. The molecular formula is C20H23N2O3+. The van der Waals surface area contributed by atoms with Crippen LogP contribution in [0.3, 0.4) is 0 Å². The zero-order valence-electron chi connectivity index (χ0n) is 14.4. The van der Waals surface area contributed by atoms with E-state index in [1.165, 1.54) is 10.5 Å². The molecule has 3 aromatic rings. The number of hydrogen-bond acceptors (Lipinski definition) is 3. The summed E-state index contributed by atoms with van der Waals surface area (Å²) >= 11 is 0. The van der Waals surface area contributed by atoms with Gasteiger partial charge < -0.3 is 14.1 Å². The summed E-state index contributed by atoms with van der Waals surface area (Å²) in [5.41, 5.74) is 2.83. The summed E-state index contributed by atoms with van der Waals surface area (Å²) in [6.45, 7) is 4.36. The van der Waals surface area contributed by atoms with Gasteiger partial charge in [0.05, 0.1) is 18.7 Å². The number of oxazole rings is 1. The molecular weight excluding hydrogens is 316 g/mol. The molecule has 130 valence electrons. The second kappa shape index (κ2) is 6.76. The van der Waals surface area contributed by atoms with Crippen LogP contribution in [-0.4, -0.2) is 17.7 Å². The van der Waals surface area contributed by atoms with E-state index < -0.39 is 0 Å². The van der Waals surface area contributed by atoms with Crippen molar-refractivity contribution in [2.24, 2.45) is 0 Å². The highest BCUT2D eigenvalue weighted by molar-refractivity contribution is 5.72. The van der Waals surface area contributed by atoms with Crippen molar-refractivity contribution in [3.8, 4) is 5.75 Å². The van der Waals surface area contributed by atoms with Crippen molar-refractivity contribution in [1.82, 2.24) is 4.57 Å². The average Bonchev–Trinajstić information content (AvgIpc) is 3.21. The van der Waals surface area contributed by atoms with Gasteiger partial charge in [0.15, 0.2) is 12.3 Å². The minimum Gasteiger partial charge on any atom is -0.494 e. The van der Waals surface area contributed by atoms with E-state index in [0.29, 0.717) is 24.9 Å². The molecule has 0 saturated carbocycles. The molecule has 0 radical (unpaired) electrons. The molecule has 2 atom stereocenters. The van der Waals surface area contributed by atoms with Gasteiger partial charge in [-0.15, -0.1) is 0 Å². The Balaban J connectivity index is 1.59. The number of nitrogens with zero attached hydrogens (tertiary/aromatic N) is 1. The van der Waals surface area contributed by atoms with Gasteiger partial charge in [0.2, 0.25) is 0 Å². The van der Waals surface area contributed by atoms with Crippen LogP contribution in [0.1, 0.15) is 31.4 Å². The summed E-state index contributed by atoms with van der Waals surface area (Å²) in [6.07, 6.45) is 2.30.